The van der Waals surface area contributed by atoms with Crippen molar-refractivity contribution in [2.24, 2.45) is 0 Å². The molecule has 1 amide bonds. The Morgan fingerprint density at radius 1 is 1.05 bits per heavy atom. The second-order valence-electron chi connectivity index (χ2n) is 10.4. The van der Waals surface area contributed by atoms with Crippen molar-refractivity contribution in [1.29, 1.82) is 0 Å². The Kier molecular flexibility index (Phi) is 8.20. The summed E-state index contributed by atoms with van der Waals surface area (Å²) in [5.74, 6) is -1.16. The van der Waals surface area contributed by atoms with Gasteiger partial charge in [0.2, 0.25) is 22.1 Å². The molecule has 15 heteroatoms. The molecule has 2 atom stereocenters. The lowest BCUT2D eigenvalue weighted by molar-refractivity contribution is -0.115. The number of pyridine rings is 2. The maximum absolute atomic E-state index is 13.2. The van der Waals surface area contributed by atoms with Gasteiger partial charge in [-0.25, -0.2) is 18.7 Å². The fraction of sp³-hybridized carbons (Fsp3) is 0.444. The molecule has 2 fully saturated rings. The number of hydrogen-bond acceptors (Lipinski definition) is 12. The van der Waals surface area contributed by atoms with Crippen molar-refractivity contribution in [3.63, 3.8) is 0 Å². The van der Waals surface area contributed by atoms with Crippen LogP contribution in [0.25, 0.3) is 0 Å². The molecule has 1 aliphatic heterocycles. The zero-order valence-corrected chi connectivity index (χ0v) is 24.4. The van der Waals surface area contributed by atoms with Crippen LogP contribution >= 0.6 is 22.7 Å². The van der Waals surface area contributed by atoms with Gasteiger partial charge in [0.15, 0.2) is 0 Å². The van der Waals surface area contributed by atoms with Crippen LogP contribution in [0.3, 0.4) is 0 Å². The van der Waals surface area contributed by atoms with Crippen molar-refractivity contribution in [2.45, 2.75) is 49.9 Å². The second kappa shape index (κ2) is 12.2. The summed E-state index contributed by atoms with van der Waals surface area (Å²) in [7, 11) is 1.55. The number of anilines is 3. The fourth-order valence-corrected chi connectivity index (χ4v) is 6.91. The van der Waals surface area contributed by atoms with E-state index < -0.39 is 5.92 Å². The van der Waals surface area contributed by atoms with E-state index in [1.165, 1.54) is 11.3 Å². The van der Waals surface area contributed by atoms with Crippen molar-refractivity contribution >= 4 is 44.7 Å². The highest BCUT2D eigenvalue weighted by atomic mass is 32.1. The number of nitrogens with zero attached hydrogens (tertiary/aromatic N) is 7. The Labute approximate surface area is 248 Å². The van der Waals surface area contributed by atoms with Crippen molar-refractivity contribution in [1.82, 2.24) is 30.4 Å². The van der Waals surface area contributed by atoms with Gasteiger partial charge >= 0.3 is 0 Å². The fourth-order valence-electron chi connectivity index (χ4n) is 5.09. The van der Waals surface area contributed by atoms with Gasteiger partial charge in [0.05, 0.1) is 26.6 Å². The number of amides is 1. The molecule has 6 rings (SSSR count). The Morgan fingerprint density at radius 2 is 1.79 bits per heavy atom. The van der Waals surface area contributed by atoms with E-state index in [1.54, 1.807) is 41.7 Å². The highest BCUT2D eigenvalue weighted by Gasteiger charge is 2.44. The van der Waals surface area contributed by atoms with Crippen LogP contribution in [-0.4, -0.2) is 68.9 Å². The first-order valence-electron chi connectivity index (χ1n) is 13.6. The second-order valence-corrected chi connectivity index (χ2v) is 12.4. The molecule has 220 valence electrons. The molecule has 0 unspecified atom stereocenters. The normalized spacial score (nSPS) is 19.4. The largest absolute Gasteiger partial charge is 0.481 e. The molecule has 0 aromatic carbocycles. The standard InChI is InChI=1S/C27H29F2N9O2S2/c1-40-22-8-5-16(13-31-22)11-21(39)33-26-37-35-24(42-26)18-7-6-17(12-18)23-34-36-25(41-23)30-10-9-19-3-2-4-20(32-19)38-14-27(28,29)15-38/h2-5,8,13,17-18H,6-7,9-12,14-15H2,1H3,(H,30,36)(H,33,37,39)/t17-,18-/m0/s1. The minimum atomic E-state index is -2.62. The third-order valence-corrected chi connectivity index (χ3v) is 9.29. The Bertz CT molecular complexity index is 1520. The lowest BCUT2D eigenvalue weighted by atomic mass is 10.1. The number of alkyl halides is 2. The summed E-state index contributed by atoms with van der Waals surface area (Å²) in [4.78, 5) is 22.7. The van der Waals surface area contributed by atoms with Gasteiger partial charge in [0, 0.05) is 42.8 Å². The third kappa shape index (κ3) is 6.78. The number of halogens is 2. The first-order valence-corrected chi connectivity index (χ1v) is 15.2. The van der Waals surface area contributed by atoms with Crippen LogP contribution in [0, 0.1) is 0 Å². The van der Waals surface area contributed by atoms with Gasteiger partial charge in [-0.05, 0) is 37.0 Å². The molecular weight excluding hydrogens is 584 g/mol. The summed E-state index contributed by atoms with van der Waals surface area (Å²) in [5.41, 5.74) is 1.62. The molecule has 11 nitrogen and oxygen atoms in total. The van der Waals surface area contributed by atoms with Crippen molar-refractivity contribution in [2.75, 3.05) is 42.3 Å². The zero-order chi connectivity index (χ0) is 29.1. The smallest absolute Gasteiger partial charge is 0.282 e. The SMILES string of the molecule is COc1ccc(CC(=O)Nc2nnc([C@H]3CC[C@H](c4nnc(NCCc5cccc(N6CC(F)(F)C6)n5)s4)C3)s2)cn1. The summed E-state index contributed by atoms with van der Waals surface area (Å²) in [6.45, 7) is 0.0534. The van der Waals surface area contributed by atoms with E-state index in [2.05, 4.69) is 41.0 Å². The molecule has 0 spiro atoms. The first-order chi connectivity index (χ1) is 20.3. The third-order valence-electron chi connectivity index (χ3n) is 7.25. The number of carbonyl (C=O) groups excluding carboxylic acids is 1. The highest BCUT2D eigenvalue weighted by molar-refractivity contribution is 7.15. The molecule has 1 saturated carbocycles. The number of ether oxygens (including phenoxy) is 1. The van der Waals surface area contributed by atoms with Gasteiger partial charge < -0.3 is 20.3 Å². The maximum atomic E-state index is 13.2. The summed E-state index contributed by atoms with van der Waals surface area (Å²) >= 11 is 2.97. The number of methoxy groups -OCH3 is 1. The number of aromatic nitrogens is 6. The molecule has 5 heterocycles. The van der Waals surface area contributed by atoms with E-state index in [-0.39, 0.29) is 31.3 Å². The molecule has 0 radical (unpaired) electrons. The minimum absolute atomic E-state index is 0.174. The van der Waals surface area contributed by atoms with Gasteiger partial charge in [-0.15, -0.1) is 20.4 Å². The molecule has 1 saturated heterocycles. The molecule has 42 heavy (non-hydrogen) atoms. The van der Waals surface area contributed by atoms with E-state index in [0.717, 1.165) is 45.7 Å². The van der Waals surface area contributed by atoms with Gasteiger partial charge in [-0.1, -0.05) is 34.8 Å². The molecule has 2 N–H and O–H groups in total. The van der Waals surface area contributed by atoms with Crippen LogP contribution in [0.2, 0.25) is 0 Å². The summed E-state index contributed by atoms with van der Waals surface area (Å²) < 4.78 is 31.4. The summed E-state index contributed by atoms with van der Waals surface area (Å²) in [6, 6.07) is 9.04. The molecule has 1 aliphatic carbocycles. The number of hydrogen-bond donors (Lipinski definition) is 2. The van der Waals surface area contributed by atoms with Crippen LogP contribution in [0.5, 0.6) is 5.88 Å². The first kappa shape index (κ1) is 28.3. The Balaban J connectivity index is 0.958. The quantitative estimate of drug-likeness (QED) is 0.249. The lowest BCUT2D eigenvalue weighted by Crippen LogP contribution is -2.56. The number of nitrogens with one attached hydrogen (secondary N) is 2. The topological polar surface area (TPSA) is 131 Å². The van der Waals surface area contributed by atoms with Crippen LogP contribution < -0.4 is 20.3 Å². The summed E-state index contributed by atoms with van der Waals surface area (Å²) in [5, 5.41) is 26.6. The molecule has 0 bridgehead atoms. The van der Waals surface area contributed by atoms with E-state index in [0.29, 0.717) is 35.7 Å². The van der Waals surface area contributed by atoms with Crippen LogP contribution in [0.4, 0.5) is 24.9 Å². The number of carbonyl (C=O) groups is 1. The van der Waals surface area contributed by atoms with Crippen LogP contribution in [0.1, 0.15) is 52.4 Å². The van der Waals surface area contributed by atoms with Crippen LogP contribution in [0.15, 0.2) is 36.5 Å². The Hall–Kier alpha value is -3.85. The predicted molar refractivity (Wildman–Crippen MR) is 156 cm³/mol. The molecule has 2 aliphatic rings. The van der Waals surface area contributed by atoms with Gasteiger partial charge in [-0.3, -0.25) is 4.79 Å². The van der Waals surface area contributed by atoms with Crippen molar-refractivity contribution < 1.29 is 18.3 Å². The average Bonchev–Trinajstić information content (AvgIpc) is 3.73. The van der Waals surface area contributed by atoms with Crippen molar-refractivity contribution in [3.8, 4) is 5.88 Å². The molecular formula is C27H29F2N9O2S2. The van der Waals surface area contributed by atoms with Crippen LogP contribution in [-0.2, 0) is 17.6 Å². The monoisotopic (exact) mass is 613 g/mol. The Morgan fingerprint density at radius 3 is 2.48 bits per heavy atom. The van der Waals surface area contributed by atoms with Crippen molar-refractivity contribution in [3.05, 3.63) is 57.8 Å². The average molecular weight is 614 g/mol. The molecule has 4 aromatic heterocycles. The van der Waals surface area contributed by atoms with E-state index in [1.807, 2.05) is 18.2 Å². The van der Waals surface area contributed by atoms with E-state index in [4.69, 9.17) is 4.74 Å². The zero-order valence-electron chi connectivity index (χ0n) is 22.8. The summed E-state index contributed by atoms with van der Waals surface area (Å²) in [6.07, 6.45) is 5.31. The predicted octanol–water partition coefficient (Wildman–Crippen LogP) is 4.53. The maximum Gasteiger partial charge on any atom is 0.282 e. The van der Waals surface area contributed by atoms with Gasteiger partial charge in [-0.2, -0.15) is 0 Å². The highest BCUT2D eigenvalue weighted by Crippen LogP contribution is 2.45. The van der Waals surface area contributed by atoms with Gasteiger partial charge in [0.25, 0.3) is 5.92 Å². The number of rotatable bonds is 11. The van der Waals surface area contributed by atoms with E-state index in [9.17, 15) is 13.6 Å². The molecule has 4 aromatic rings. The minimum Gasteiger partial charge on any atom is -0.481 e. The lowest BCUT2D eigenvalue weighted by Gasteiger charge is -2.39. The van der Waals surface area contributed by atoms with Gasteiger partial charge in [0.1, 0.15) is 15.8 Å². The van der Waals surface area contributed by atoms with E-state index >= 15 is 0 Å².